The van der Waals surface area contributed by atoms with E-state index in [9.17, 15) is 0 Å². The molecule has 53 heavy (non-hydrogen) atoms. The molecule has 4 aliphatic rings. The predicted molar refractivity (Wildman–Crippen MR) is 233 cm³/mol. The third kappa shape index (κ3) is 10.8. The minimum Gasteiger partial charge on any atom is 0 e. The summed E-state index contributed by atoms with van der Waals surface area (Å²) in [6, 6.07) is 19.2. The number of rotatable bonds is 6. The Kier molecular flexibility index (Phi) is 16.5. The molecule has 3 saturated carbocycles. The topological polar surface area (TPSA) is 6.48 Å². The fourth-order valence-electron chi connectivity index (χ4n) is 10.4. The Balaban J connectivity index is 0.000000230. The second kappa shape index (κ2) is 20.1. The van der Waals surface area contributed by atoms with Gasteiger partial charge in [-0.3, -0.25) is 0 Å². The predicted octanol–water partition coefficient (Wildman–Crippen LogP) is 13.5. The number of aryl methyl sites for hydroxylation is 6. The molecule has 1 heterocycles. The van der Waals surface area contributed by atoms with Crippen LogP contribution in [0.4, 0.5) is 11.4 Å². The van der Waals surface area contributed by atoms with Gasteiger partial charge in [0.2, 0.25) is 0 Å². The van der Waals surface area contributed by atoms with Gasteiger partial charge in [0.15, 0.2) is 0 Å². The van der Waals surface area contributed by atoms with Crippen LogP contribution in [0.5, 0.6) is 0 Å². The third-order valence-corrected chi connectivity index (χ3v) is 22.3. The van der Waals surface area contributed by atoms with Crippen LogP contribution >= 0.6 is 27.3 Å². The molecule has 3 aliphatic carbocycles. The van der Waals surface area contributed by atoms with E-state index >= 15 is 0 Å². The van der Waals surface area contributed by atoms with Gasteiger partial charge >= 0.3 is 210 Å². The van der Waals surface area contributed by atoms with Crippen LogP contribution in [0.15, 0.2) is 54.6 Å². The van der Waals surface area contributed by atoms with E-state index in [1.54, 1.807) is 96.3 Å². The van der Waals surface area contributed by atoms with Gasteiger partial charge in [-0.25, -0.2) is 0 Å². The molecular formula is C46H66Cl2N2PRu2+. The molecule has 1 aliphatic heterocycles. The molecule has 3 aromatic carbocycles. The zero-order valence-corrected chi connectivity index (χ0v) is 39.4. The van der Waals surface area contributed by atoms with Crippen molar-refractivity contribution in [1.29, 1.82) is 0 Å². The fourth-order valence-corrected chi connectivity index (χ4v) is 21.7. The number of anilines is 2. The average molecular weight is 951 g/mol. The molecule has 0 spiro atoms. The van der Waals surface area contributed by atoms with Gasteiger partial charge in [0, 0.05) is 27.4 Å². The molecule has 4 fully saturated rings. The first kappa shape index (κ1) is 43.4. The minimum atomic E-state index is -3.44. The molecule has 0 N–H and O–H groups in total. The Morgan fingerprint density at radius 3 is 1.23 bits per heavy atom. The normalized spacial score (nSPS) is 19.5. The summed E-state index contributed by atoms with van der Waals surface area (Å²) in [6.45, 7) is 14.8. The molecule has 7 rings (SSSR count). The van der Waals surface area contributed by atoms with Crippen LogP contribution < -0.4 is 9.80 Å². The van der Waals surface area contributed by atoms with E-state index in [1.165, 1.54) is 61.7 Å². The minimum absolute atomic E-state index is 0. The van der Waals surface area contributed by atoms with Crippen molar-refractivity contribution in [2.75, 3.05) is 22.9 Å². The zero-order valence-electron chi connectivity index (χ0n) is 33.4. The molecule has 0 unspecified atom stereocenters. The van der Waals surface area contributed by atoms with Gasteiger partial charge in [0.25, 0.3) is 0 Å². The molecule has 3 aromatic rings. The molecule has 0 radical (unpaired) electrons. The van der Waals surface area contributed by atoms with Gasteiger partial charge in [-0.05, 0) is 77.0 Å². The van der Waals surface area contributed by atoms with Crippen LogP contribution in [0.2, 0.25) is 0 Å². The molecule has 7 heteroatoms. The summed E-state index contributed by atoms with van der Waals surface area (Å²) in [4.78, 5) is 4.79. The Hall–Kier alpha value is -0.743. The Labute approximate surface area is 347 Å². The number of halogens is 2. The van der Waals surface area contributed by atoms with E-state index in [4.69, 9.17) is 19.4 Å². The molecular weight excluding hydrogens is 885 g/mol. The standard InChI is InChI=1S/C21H26N2.C18H33P.C7H6.2ClH.2Ru/c1-14-9-16(3)20(17(4)10-14)22-7-8-23(13-22)21-18(5)11-15(2)12-19(21)6;1-4-10-16(11-5-1)19(17-12-6-2-7-13-17)18-14-8-3-9-15-18;1-7-5-3-2-4-6-7;;;;/h9-12H,7-8H2,1-6H3;16-18H,1-15H2;1-6H;2*1H;;/q;;;;;;+2/p-1. The van der Waals surface area contributed by atoms with Crippen molar-refractivity contribution in [2.45, 2.75) is 155 Å². The third-order valence-electron chi connectivity index (χ3n) is 12.3. The summed E-state index contributed by atoms with van der Waals surface area (Å²) in [7, 11) is 14.7. The summed E-state index contributed by atoms with van der Waals surface area (Å²) in [6.07, 6.45) is 23.8. The van der Waals surface area contributed by atoms with Crippen LogP contribution in [0.25, 0.3) is 0 Å². The van der Waals surface area contributed by atoms with Crippen molar-refractivity contribution in [3.63, 3.8) is 0 Å². The maximum absolute atomic E-state index is 7.40. The van der Waals surface area contributed by atoms with Gasteiger partial charge in [0.05, 0.1) is 17.0 Å². The first-order valence-electron chi connectivity index (χ1n) is 20.5. The number of nitrogens with zero attached hydrogens (tertiary/aromatic N) is 2. The fraction of sp³-hybridized carbons (Fsp3) is 0.565. The summed E-state index contributed by atoms with van der Waals surface area (Å²) in [5.74, 6) is 0. The van der Waals surface area contributed by atoms with Crippen LogP contribution in [-0.2, 0) is 31.4 Å². The maximum atomic E-state index is 7.40. The molecule has 294 valence electrons. The van der Waals surface area contributed by atoms with Crippen LogP contribution in [-0.4, -0.2) is 39.0 Å². The van der Waals surface area contributed by atoms with Crippen molar-refractivity contribution >= 4 is 47.6 Å². The second-order valence-corrected chi connectivity index (χ2v) is 29.2. The van der Waals surface area contributed by atoms with E-state index in [1.807, 2.05) is 18.2 Å². The first-order chi connectivity index (χ1) is 25.0. The van der Waals surface area contributed by atoms with E-state index < -0.39 is 11.9 Å². The van der Waals surface area contributed by atoms with Crippen molar-refractivity contribution in [1.82, 2.24) is 0 Å². The monoisotopic (exact) mass is 951 g/mol. The zero-order chi connectivity index (χ0) is 36.8. The van der Waals surface area contributed by atoms with E-state index in [0.717, 1.165) is 23.0 Å². The summed E-state index contributed by atoms with van der Waals surface area (Å²) < 4.78 is 3.18. The quantitative estimate of drug-likeness (QED) is 0.179. The molecule has 0 aromatic heterocycles. The van der Waals surface area contributed by atoms with Crippen molar-refractivity contribution in [3.8, 4) is 0 Å². The van der Waals surface area contributed by atoms with Crippen LogP contribution in [0.3, 0.4) is 0 Å². The summed E-state index contributed by atoms with van der Waals surface area (Å²) in [5, 5.41) is 0. The maximum Gasteiger partial charge on any atom is 0 e. The van der Waals surface area contributed by atoms with Crippen molar-refractivity contribution in [2.24, 2.45) is 0 Å². The Morgan fingerprint density at radius 1 is 0.547 bits per heavy atom. The largest absolute Gasteiger partial charge is 0 e. The number of benzene rings is 3. The van der Waals surface area contributed by atoms with Gasteiger partial charge in [-0.15, -0.1) is 0 Å². The van der Waals surface area contributed by atoms with Gasteiger partial charge < -0.3 is 0 Å². The molecule has 1 saturated heterocycles. The van der Waals surface area contributed by atoms with Crippen molar-refractivity contribution < 1.29 is 31.4 Å². The van der Waals surface area contributed by atoms with E-state index in [-0.39, 0.29) is 27.4 Å². The second-order valence-electron chi connectivity index (χ2n) is 16.5. The van der Waals surface area contributed by atoms with E-state index in [0.29, 0.717) is 0 Å². The number of hydrogen-bond acceptors (Lipinski definition) is 2. The van der Waals surface area contributed by atoms with Gasteiger partial charge in [-0.2, -0.15) is 0 Å². The Morgan fingerprint density at radius 2 is 0.887 bits per heavy atom. The first-order valence-corrected chi connectivity index (χ1v) is 28.6. The summed E-state index contributed by atoms with van der Waals surface area (Å²) >= 11 is -3.44. The van der Waals surface area contributed by atoms with Gasteiger partial charge in [-0.1, -0.05) is 19.3 Å². The molecule has 0 bridgehead atoms. The van der Waals surface area contributed by atoms with Gasteiger partial charge in [0.1, 0.15) is 0 Å². The Bertz CT molecular complexity index is 1620. The van der Waals surface area contributed by atoms with Crippen molar-refractivity contribution in [3.05, 3.63) is 93.5 Å². The average Bonchev–Trinajstić information content (AvgIpc) is 3.54. The molecule has 0 amide bonds. The van der Waals surface area contributed by atoms with Crippen LogP contribution in [0.1, 0.15) is 135 Å². The molecule has 2 nitrogen and oxygen atoms in total. The smallest absolute Gasteiger partial charge is 0 e. The van der Waals surface area contributed by atoms with E-state index in [2.05, 4.69) is 92.3 Å². The van der Waals surface area contributed by atoms with Crippen LogP contribution in [0, 0.1) is 41.5 Å². The molecule has 0 atom stereocenters. The number of hydrogen-bond donors (Lipinski definition) is 0. The SMILES string of the molecule is C1CCC([PH+](C2CCCCC2)C2CCCCC2)CC1.Cc1cc(C)c(N2CCN(c3c(C)cc(C)cc3C)[C]2=[Ru]([Cl])([Cl])=[CH]c2ccccc2)c(C)c1.[Ru]. The summed E-state index contributed by atoms with van der Waals surface area (Å²) in [5.41, 5.74) is 14.8.